The summed E-state index contributed by atoms with van der Waals surface area (Å²) in [5, 5.41) is 9.63. The molecule has 0 bridgehead atoms. The number of pyridine rings is 1. The zero-order valence-corrected chi connectivity index (χ0v) is 18.5. The molecule has 0 aliphatic carbocycles. The van der Waals surface area contributed by atoms with E-state index in [-0.39, 0.29) is 23.7 Å². The summed E-state index contributed by atoms with van der Waals surface area (Å²) in [4.78, 5) is 23.8. The minimum atomic E-state index is -0.218. The van der Waals surface area contributed by atoms with Crippen molar-refractivity contribution in [2.75, 3.05) is 12.0 Å². The number of anilines is 1. The van der Waals surface area contributed by atoms with Gasteiger partial charge in [-0.1, -0.05) is 17.8 Å². The van der Waals surface area contributed by atoms with E-state index in [2.05, 4.69) is 15.8 Å². The van der Waals surface area contributed by atoms with Crippen LogP contribution in [0.4, 0.5) is 5.69 Å². The van der Waals surface area contributed by atoms with Crippen LogP contribution in [0.1, 0.15) is 12.6 Å². The van der Waals surface area contributed by atoms with Crippen molar-refractivity contribution in [3.8, 4) is 5.75 Å². The highest BCUT2D eigenvalue weighted by Gasteiger charge is 2.43. The Morgan fingerprint density at radius 2 is 2.00 bits per heavy atom. The van der Waals surface area contributed by atoms with Gasteiger partial charge in [0.2, 0.25) is 0 Å². The van der Waals surface area contributed by atoms with Crippen LogP contribution in [0.5, 0.6) is 5.75 Å². The molecular weight excluding hydrogens is 426 g/mol. The molecule has 0 radical (unpaired) electrons. The molecule has 164 valence electrons. The Balaban J connectivity index is 1.47. The van der Waals surface area contributed by atoms with E-state index >= 15 is 0 Å². The lowest BCUT2D eigenvalue weighted by Crippen LogP contribution is -2.50. The highest BCUT2D eigenvalue weighted by molar-refractivity contribution is 8.13. The Hall–Kier alpha value is -3.21. The summed E-state index contributed by atoms with van der Waals surface area (Å²) < 4.78 is 6.80. The van der Waals surface area contributed by atoms with Crippen LogP contribution in [0, 0.1) is 11.3 Å². The molecule has 0 spiro atoms. The third-order valence-electron chi connectivity index (χ3n) is 5.64. The molecule has 2 aromatic heterocycles. The summed E-state index contributed by atoms with van der Waals surface area (Å²) in [7, 11) is 1.63. The quantitative estimate of drug-likeness (QED) is 0.561. The van der Waals surface area contributed by atoms with Crippen LogP contribution in [0.2, 0.25) is 0 Å². The van der Waals surface area contributed by atoms with Gasteiger partial charge in [-0.05, 0) is 43.3 Å². The number of methoxy groups -OCH3 is 1. The second-order valence-corrected chi connectivity index (χ2v) is 8.62. The zero-order chi connectivity index (χ0) is 22.2. The monoisotopic (exact) mass is 449 g/mol. The van der Waals surface area contributed by atoms with Gasteiger partial charge in [-0.3, -0.25) is 24.9 Å². The summed E-state index contributed by atoms with van der Waals surface area (Å²) in [5.74, 6) is 1.58. The van der Waals surface area contributed by atoms with Gasteiger partial charge in [0.1, 0.15) is 23.4 Å². The molecule has 3 aromatic rings. The SMILES string of the molecule is COc1ccc(N2C(=N)C3C(C)NNC3N=C2SCc2cc(=O)n3ccccc3n2)cc1. The first-order valence-electron chi connectivity index (χ1n) is 10.3. The van der Waals surface area contributed by atoms with Gasteiger partial charge in [-0.2, -0.15) is 0 Å². The fraction of sp³-hybridized carbons (Fsp3) is 0.273. The number of amidine groups is 2. The van der Waals surface area contributed by atoms with Crippen LogP contribution in [-0.2, 0) is 5.75 Å². The molecule has 3 atom stereocenters. The van der Waals surface area contributed by atoms with Gasteiger partial charge < -0.3 is 4.74 Å². The van der Waals surface area contributed by atoms with Gasteiger partial charge in [0.05, 0.1) is 18.7 Å². The maximum atomic E-state index is 12.4. The number of nitrogens with zero attached hydrogens (tertiary/aromatic N) is 4. The zero-order valence-electron chi connectivity index (χ0n) is 17.6. The Morgan fingerprint density at radius 3 is 2.78 bits per heavy atom. The maximum Gasteiger partial charge on any atom is 0.258 e. The van der Waals surface area contributed by atoms with Crippen molar-refractivity contribution in [1.29, 1.82) is 5.41 Å². The lowest BCUT2D eigenvalue weighted by atomic mass is 9.97. The number of fused-ring (bicyclic) bond motifs is 2. The maximum absolute atomic E-state index is 12.4. The molecule has 1 fully saturated rings. The molecule has 32 heavy (non-hydrogen) atoms. The lowest BCUT2D eigenvalue weighted by molar-refractivity contribution is 0.415. The average molecular weight is 450 g/mol. The second kappa shape index (κ2) is 8.38. The lowest BCUT2D eigenvalue weighted by Gasteiger charge is -2.36. The smallest absolute Gasteiger partial charge is 0.258 e. The van der Waals surface area contributed by atoms with Crippen molar-refractivity contribution in [3.05, 3.63) is 70.8 Å². The first-order valence-corrected chi connectivity index (χ1v) is 11.3. The largest absolute Gasteiger partial charge is 0.497 e. The predicted octanol–water partition coefficient (Wildman–Crippen LogP) is 2.23. The highest BCUT2D eigenvalue weighted by Crippen LogP contribution is 2.33. The summed E-state index contributed by atoms with van der Waals surface area (Å²) >= 11 is 1.46. The molecule has 0 saturated carbocycles. The number of rotatable bonds is 4. The molecule has 3 N–H and O–H groups in total. The fourth-order valence-corrected chi connectivity index (χ4v) is 4.94. The first-order chi connectivity index (χ1) is 15.5. The first kappa shape index (κ1) is 20.7. The Morgan fingerprint density at radius 1 is 1.19 bits per heavy atom. The average Bonchev–Trinajstić information content (AvgIpc) is 3.19. The molecule has 9 nitrogen and oxygen atoms in total. The van der Waals surface area contributed by atoms with Crippen LogP contribution in [-0.4, -0.2) is 39.7 Å². The Kier molecular flexibility index (Phi) is 5.41. The van der Waals surface area contributed by atoms with E-state index in [4.69, 9.17) is 15.1 Å². The molecule has 4 heterocycles. The van der Waals surface area contributed by atoms with Crippen LogP contribution >= 0.6 is 11.8 Å². The summed E-state index contributed by atoms with van der Waals surface area (Å²) in [6, 6.07) is 14.7. The number of aliphatic imine (C=N–C) groups is 1. The summed E-state index contributed by atoms with van der Waals surface area (Å²) in [5.41, 5.74) is 8.37. The van der Waals surface area contributed by atoms with Crippen molar-refractivity contribution < 1.29 is 4.74 Å². The van der Waals surface area contributed by atoms with Crippen molar-refractivity contribution >= 4 is 34.1 Å². The number of hydrazine groups is 1. The van der Waals surface area contributed by atoms with Gasteiger partial charge in [0, 0.05) is 29.7 Å². The van der Waals surface area contributed by atoms with E-state index in [9.17, 15) is 4.79 Å². The Bertz CT molecular complexity index is 1260. The predicted molar refractivity (Wildman–Crippen MR) is 126 cm³/mol. The molecule has 5 rings (SSSR count). The number of hydrogen-bond donors (Lipinski definition) is 3. The van der Waals surface area contributed by atoms with E-state index in [1.807, 2.05) is 48.2 Å². The standard InChI is InChI=1S/C22H23N7O2S/c1-13-19-20(23)29(15-6-8-16(31-2)9-7-15)22(25-21(19)27-26-13)32-12-14-11-18(30)28-10-4-3-5-17(28)24-14/h3-11,13,19,21,23,26-27H,12H2,1-2H3. The normalized spacial score (nSPS) is 22.7. The van der Waals surface area contributed by atoms with Crippen molar-refractivity contribution in [2.45, 2.75) is 24.9 Å². The van der Waals surface area contributed by atoms with Crippen molar-refractivity contribution in [2.24, 2.45) is 10.9 Å². The van der Waals surface area contributed by atoms with Gasteiger partial charge in [-0.15, -0.1) is 0 Å². The summed E-state index contributed by atoms with van der Waals surface area (Å²) in [6.07, 6.45) is 1.49. The van der Waals surface area contributed by atoms with Crippen molar-refractivity contribution in [1.82, 2.24) is 20.2 Å². The third-order valence-corrected chi connectivity index (χ3v) is 6.63. The number of ether oxygens (including phenoxy) is 1. The van der Waals surface area contributed by atoms with Gasteiger partial charge in [-0.25, -0.2) is 15.4 Å². The van der Waals surface area contributed by atoms with E-state index in [0.29, 0.717) is 28.1 Å². The molecule has 1 saturated heterocycles. The molecule has 2 aliphatic heterocycles. The fourth-order valence-electron chi connectivity index (χ4n) is 4.00. The summed E-state index contributed by atoms with van der Waals surface area (Å²) in [6.45, 7) is 2.04. The number of thioether (sulfide) groups is 1. The molecule has 0 amide bonds. The van der Waals surface area contributed by atoms with Crippen LogP contribution in [0.15, 0.2) is 64.5 Å². The van der Waals surface area contributed by atoms with Gasteiger partial charge in [0.25, 0.3) is 5.56 Å². The molecule has 1 aromatic carbocycles. The van der Waals surface area contributed by atoms with E-state index < -0.39 is 0 Å². The minimum absolute atomic E-state index is 0.0748. The number of benzene rings is 1. The van der Waals surface area contributed by atoms with Gasteiger partial charge >= 0.3 is 0 Å². The van der Waals surface area contributed by atoms with Gasteiger partial charge in [0.15, 0.2) is 5.17 Å². The third kappa shape index (κ3) is 3.66. The molecule has 10 heteroatoms. The number of aromatic nitrogens is 2. The number of nitrogens with one attached hydrogen (secondary N) is 3. The van der Waals surface area contributed by atoms with Crippen LogP contribution in [0.25, 0.3) is 5.65 Å². The van der Waals surface area contributed by atoms with Crippen LogP contribution < -0.4 is 26.0 Å². The van der Waals surface area contributed by atoms with E-state index in [1.54, 1.807) is 25.4 Å². The van der Waals surface area contributed by atoms with Crippen LogP contribution in [0.3, 0.4) is 0 Å². The Labute approximate surface area is 189 Å². The van der Waals surface area contributed by atoms with E-state index in [1.165, 1.54) is 16.2 Å². The van der Waals surface area contributed by atoms with E-state index in [0.717, 1.165) is 11.4 Å². The number of hydrogen-bond acceptors (Lipinski definition) is 8. The molecule has 3 unspecified atom stereocenters. The second-order valence-electron chi connectivity index (χ2n) is 7.68. The minimum Gasteiger partial charge on any atom is -0.497 e. The molecule has 2 aliphatic rings. The highest BCUT2D eigenvalue weighted by atomic mass is 32.2. The topological polar surface area (TPSA) is 107 Å². The van der Waals surface area contributed by atoms with Crippen molar-refractivity contribution in [3.63, 3.8) is 0 Å². The molecular formula is C22H23N7O2S.